The third-order valence-corrected chi connectivity index (χ3v) is 3.56. The highest BCUT2D eigenvalue weighted by Crippen LogP contribution is 2.12. The van der Waals surface area contributed by atoms with Crippen LogP contribution in [0.3, 0.4) is 0 Å². The van der Waals surface area contributed by atoms with E-state index in [1.54, 1.807) is 17.3 Å². The summed E-state index contributed by atoms with van der Waals surface area (Å²) in [5.74, 6) is 0.610. The molecule has 0 aliphatic heterocycles. The van der Waals surface area contributed by atoms with Gasteiger partial charge in [0.2, 0.25) is 0 Å². The molecule has 22 heavy (non-hydrogen) atoms. The molecule has 0 aromatic carbocycles. The zero-order valence-electron chi connectivity index (χ0n) is 14.4. The number of rotatable bonds is 14. The van der Waals surface area contributed by atoms with Crippen molar-refractivity contribution in [2.24, 2.45) is 0 Å². The second kappa shape index (κ2) is 14.8. The van der Waals surface area contributed by atoms with Gasteiger partial charge in [0.1, 0.15) is 11.5 Å². The number of aliphatic hydroxyl groups excluding tert-OH is 3. The van der Waals surface area contributed by atoms with E-state index in [1.165, 1.54) is 25.7 Å². The molecule has 0 saturated carbocycles. The first-order valence-corrected chi connectivity index (χ1v) is 8.79. The smallest absolute Gasteiger partial charge is 0.108 e. The van der Waals surface area contributed by atoms with E-state index in [-0.39, 0.29) is 6.61 Å². The zero-order valence-corrected chi connectivity index (χ0v) is 14.4. The van der Waals surface area contributed by atoms with Crippen LogP contribution in [0, 0.1) is 0 Å². The maximum absolute atomic E-state index is 9.93. The summed E-state index contributed by atoms with van der Waals surface area (Å²) in [6.07, 6.45) is 13.4. The van der Waals surface area contributed by atoms with E-state index < -0.39 is 0 Å². The van der Waals surface area contributed by atoms with Gasteiger partial charge in [0.15, 0.2) is 0 Å². The van der Waals surface area contributed by atoms with Crippen molar-refractivity contribution < 1.29 is 15.3 Å². The minimum atomic E-state index is -0.0147. The molecule has 3 N–H and O–H groups in total. The Labute approximate surface area is 136 Å². The third kappa shape index (κ3) is 12.6. The quantitative estimate of drug-likeness (QED) is 0.311. The fourth-order valence-electron chi connectivity index (χ4n) is 2.26. The van der Waals surface area contributed by atoms with Crippen molar-refractivity contribution in [3.05, 3.63) is 23.9 Å². The van der Waals surface area contributed by atoms with Crippen molar-refractivity contribution in [1.82, 2.24) is 4.90 Å². The van der Waals surface area contributed by atoms with Crippen LogP contribution in [0.15, 0.2) is 23.9 Å². The summed E-state index contributed by atoms with van der Waals surface area (Å²) in [6, 6.07) is 0. The van der Waals surface area contributed by atoms with Crippen molar-refractivity contribution in [3.63, 3.8) is 0 Å². The maximum atomic E-state index is 9.93. The molecule has 0 fully saturated rings. The van der Waals surface area contributed by atoms with E-state index in [2.05, 4.69) is 13.8 Å². The molecule has 0 aromatic heterocycles. The predicted octanol–water partition coefficient (Wildman–Crippen LogP) is 5.02. The van der Waals surface area contributed by atoms with Crippen molar-refractivity contribution in [3.8, 4) is 0 Å². The Morgan fingerprint density at radius 3 is 1.59 bits per heavy atom. The first kappa shape index (κ1) is 20.8. The van der Waals surface area contributed by atoms with Gasteiger partial charge in [0.25, 0.3) is 0 Å². The molecule has 0 aliphatic carbocycles. The van der Waals surface area contributed by atoms with Crippen molar-refractivity contribution in [2.45, 2.75) is 78.1 Å². The molecule has 0 bridgehead atoms. The fourth-order valence-corrected chi connectivity index (χ4v) is 2.26. The molecule has 4 heteroatoms. The van der Waals surface area contributed by atoms with Crippen LogP contribution in [-0.4, -0.2) is 33.4 Å². The van der Waals surface area contributed by atoms with Crippen LogP contribution in [0.5, 0.6) is 0 Å². The highest BCUT2D eigenvalue weighted by atomic mass is 16.3. The fraction of sp³-hybridized carbons (Fsp3) is 0.778. The number of hydrogen-bond donors (Lipinski definition) is 3. The Kier molecular flexibility index (Phi) is 14.0. The lowest BCUT2D eigenvalue weighted by Gasteiger charge is -2.16. The molecule has 0 atom stereocenters. The van der Waals surface area contributed by atoms with Gasteiger partial charge < -0.3 is 20.2 Å². The monoisotopic (exact) mass is 313 g/mol. The lowest BCUT2D eigenvalue weighted by Crippen LogP contribution is -2.16. The van der Waals surface area contributed by atoms with E-state index in [1.807, 2.05) is 0 Å². The first-order valence-electron chi connectivity index (χ1n) is 8.79. The molecular formula is C18H35NO3. The second-order valence-electron chi connectivity index (χ2n) is 5.82. The minimum Gasteiger partial charge on any atom is -0.511 e. The predicted molar refractivity (Wildman–Crippen MR) is 92.7 cm³/mol. The Bertz CT molecular complexity index is 285. The normalized spacial score (nSPS) is 12.7. The van der Waals surface area contributed by atoms with E-state index in [0.29, 0.717) is 30.9 Å². The molecule has 0 spiro atoms. The Morgan fingerprint density at radius 1 is 0.773 bits per heavy atom. The van der Waals surface area contributed by atoms with Gasteiger partial charge in [-0.25, -0.2) is 0 Å². The first-order chi connectivity index (χ1) is 10.6. The van der Waals surface area contributed by atoms with Gasteiger partial charge in [-0.1, -0.05) is 52.4 Å². The van der Waals surface area contributed by atoms with Crippen LogP contribution in [-0.2, 0) is 0 Å². The molecular weight excluding hydrogens is 278 g/mol. The summed E-state index contributed by atoms with van der Waals surface area (Å²) in [5.41, 5.74) is 0. The molecule has 130 valence electrons. The Balaban J connectivity index is 4.30. The van der Waals surface area contributed by atoms with E-state index in [9.17, 15) is 10.2 Å². The zero-order chi connectivity index (χ0) is 16.6. The largest absolute Gasteiger partial charge is 0.511 e. The van der Waals surface area contributed by atoms with Gasteiger partial charge in [0.05, 0.1) is 6.61 Å². The van der Waals surface area contributed by atoms with Crippen molar-refractivity contribution >= 4 is 0 Å². The topological polar surface area (TPSA) is 63.9 Å². The lowest BCUT2D eigenvalue weighted by molar-refractivity contribution is 0.252. The third-order valence-electron chi connectivity index (χ3n) is 3.56. The maximum Gasteiger partial charge on any atom is 0.108 e. The molecule has 0 aromatic rings. The van der Waals surface area contributed by atoms with Crippen LogP contribution in [0.1, 0.15) is 78.1 Å². The molecule has 0 heterocycles. The van der Waals surface area contributed by atoms with Gasteiger partial charge in [-0.3, -0.25) is 0 Å². The van der Waals surface area contributed by atoms with E-state index >= 15 is 0 Å². The SMILES string of the molecule is CCCCCC/C(O)=C/N(/C=C(\O)CCCCCC)CCO. The minimum absolute atomic E-state index is 0.0147. The summed E-state index contributed by atoms with van der Waals surface area (Å²) < 4.78 is 0. The van der Waals surface area contributed by atoms with Gasteiger partial charge in [0, 0.05) is 31.8 Å². The molecule has 0 rings (SSSR count). The number of aliphatic hydroxyl groups is 3. The Morgan fingerprint density at radius 2 is 1.23 bits per heavy atom. The summed E-state index contributed by atoms with van der Waals surface area (Å²) in [5, 5.41) is 29.0. The molecule has 0 aliphatic rings. The van der Waals surface area contributed by atoms with Gasteiger partial charge in [-0.05, 0) is 12.8 Å². The molecule has 0 saturated heterocycles. The average molecular weight is 313 g/mol. The van der Waals surface area contributed by atoms with Crippen molar-refractivity contribution in [1.29, 1.82) is 0 Å². The van der Waals surface area contributed by atoms with Crippen LogP contribution in [0.2, 0.25) is 0 Å². The van der Waals surface area contributed by atoms with Crippen LogP contribution in [0.25, 0.3) is 0 Å². The van der Waals surface area contributed by atoms with Gasteiger partial charge >= 0.3 is 0 Å². The molecule has 4 nitrogen and oxygen atoms in total. The summed E-state index contributed by atoms with van der Waals surface area (Å²) in [6.45, 7) is 4.68. The van der Waals surface area contributed by atoms with Crippen LogP contribution >= 0.6 is 0 Å². The Hall–Kier alpha value is -1.16. The number of nitrogens with zero attached hydrogens (tertiary/aromatic N) is 1. The highest BCUT2D eigenvalue weighted by Gasteiger charge is 2.02. The number of hydrogen-bond acceptors (Lipinski definition) is 4. The molecule has 0 unspecified atom stereocenters. The van der Waals surface area contributed by atoms with Gasteiger partial charge in [-0.2, -0.15) is 0 Å². The highest BCUT2D eigenvalue weighted by molar-refractivity contribution is 4.99. The van der Waals surface area contributed by atoms with Crippen molar-refractivity contribution in [2.75, 3.05) is 13.2 Å². The van der Waals surface area contributed by atoms with E-state index in [4.69, 9.17) is 5.11 Å². The average Bonchev–Trinajstić information content (AvgIpc) is 2.48. The summed E-state index contributed by atoms with van der Waals surface area (Å²) in [4.78, 5) is 1.67. The number of allylic oxidation sites excluding steroid dienone is 2. The van der Waals surface area contributed by atoms with Gasteiger partial charge in [-0.15, -0.1) is 0 Å². The molecule has 0 radical (unpaired) electrons. The second-order valence-corrected chi connectivity index (χ2v) is 5.82. The van der Waals surface area contributed by atoms with E-state index in [0.717, 1.165) is 25.7 Å². The lowest BCUT2D eigenvalue weighted by atomic mass is 10.1. The molecule has 0 amide bonds. The van der Waals surface area contributed by atoms with Crippen LogP contribution in [0.4, 0.5) is 0 Å². The summed E-state index contributed by atoms with van der Waals surface area (Å²) >= 11 is 0. The number of unbranched alkanes of at least 4 members (excludes halogenated alkanes) is 6. The van der Waals surface area contributed by atoms with Crippen LogP contribution < -0.4 is 0 Å². The standard InChI is InChI=1S/C18H35NO3/c1-3-5-7-9-11-17(21)15-19(13-14-20)16-18(22)12-10-8-6-4-2/h15-16,20-22H,3-14H2,1-2H3/b17-15-,18-16-. The summed E-state index contributed by atoms with van der Waals surface area (Å²) in [7, 11) is 0.